The fourth-order valence-electron chi connectivity index (χ4n) is 3.95. The van der Waals surface area contributed by atoms with Crippen molar-refractivity contribution in [2.75, 3.05) is 20.2 Å². The molecule has 0 bridgehead atoms. The number of hydrogen-bond donors (Lipinski definition) is 0. The monoisotopic (exact) mass is 381 g/mol. The lowest BCUT2D eigenvalue weighted by Gasteiger charge is -2.31. The maximum absolute atomic E-state index is 12.9. The number of ether oxygens (including phenoxy) is 1. The van der Waals surface area contributed by atoms with Gasteiger partial charge in [-0.3, -0.25) is 9.48 Å². The lowest BCUT2D eigenvalue weighted by atomic mass is 9.95. The summed E-state index contributed by atoms with van der Waals surface area (Å²) in [6.07, 6.45) is 5.82. The van der Waals surface area contributed by atoms with E-state index in [0.29, 0.717) is 30.5 Å². The maximum atomic E-state index is 12.9. The Balaban J connectivity index is 1.32. The van der Waals surface area contributed by atoms with Crippen LogP contribution in [0, 0.1) is 0 Å². The van der Waals surface area contributed by atoms with Gasteiger partial charge < -0.3 is 9.64 Å². The smallest absolute Gasteiger partial charge is 0.260 e. The van der Waals surface area contributed by atoms with Gasteiger partial charge in [0.2, 0.25) is 5.88 Å². The summed E-state index contributed by atoms with van der Waals surface area (Å²) in [7, 11) is 3.31. The zero-order valence-corrected chi connectivity index (χ0v) is 16.1. The molecule has 0 unspecified atom stereocenters. The molecular weight excluding hydrogens is 358 g/mol. The highest BCUT2D eigenvalue weighted by Gasteiger charge is 2.31. The summed E-state index contributed by atoms with van der Waals surface area (Å²) >= 11 is 0. The summed E-state index contributed by atoms with van der Waals surface area (Å²) in [6.45, 7) is 1.33. The Labute approximate surface area is 162 Å². The number of rotatable bonds is 4. The first-order valence-electron chi connectivity index (χ1n) is 9.73. The minimum atomic E-state index is -0.0383. The fourth-order valence-corrected chi connectivity index (χ4v) is 3.95. The molecule has 146 valence electrons. The van der Waals surface area contributed by atoms with Gasteiger partial charge in [0.15, 0.2) is 11.5 Å². The molecule has 5 rings (SSSR count). The number of piperidine rings is 1. The van der Waals surface area contributed by atoms with E-state index in [4.69, 9.17) is 9.84 Å². The van der Waals surface area contributed by atoms with Crippen molar-refractivity contribution in [1.29, 1.82) is 0 Å². The molecule has 0 aromatic carbocycles. The molecule has 1 amide bonds. The Morgan fingerprint density at radius 1 is 1.07 bits per heavy atom. The van der Waals surface area contributed by atoms with E-state index in [9.17, 15) is 4.79 Å². The standard InChI is InChI=1S/C19H23N7O2/c1-24-11-14(18(23-24)28-2)19(27)25-9-7-13(8-10-25)17-21-20-16-6-5-15(12-3-4-12)22-26(16)17/h5-6,11-13H,3-4,7-10H2,1-2H3. The third-order valence-electron chi connectivity index (χ3n) is 5.67. The van der Waals surface area contributed by atoms with Crippen molar-refractivity contribution < 1.29 is 9.53 Å². The van der Waals surface area contributed by atoms with Crippen LogP contribution in [0.5, 0.6) is 5.88 Å². The van der Waals surface area contributed by atoms with Gasteiger partial charge in [-0.05, 0) is 37.8 Å². The van der Waals surface area contributed by atoms with Crippen molar-refractivity contribution in [3.05, 3.63) is 35.4 Å². The van der Waals surface area contributed by atoms with Crippen LogP contribution in [0.2, 0.25) is 0 Å². The number of aryl methyl sites for hydroxylation is 1. The molecule has 1 aliphatic heterocycles. The predicted octanol–water partition coefficient (Wildman–Crippen LogP) is 1.76. The molecule has 1 saturated heterocycles. The zero-order chi connectivity index (χ0) is 19.3. The number of methoxy groups -OCH3 is 1. The summed E-state index contributed by atoms with van der Waals surface area (Å²) in [5, 5.41) is 17.7. The van der Waals surface area contributed by atoms with Crippen LogP contribution in [0.1, 0.15) is 59.4 Å². The number of fused-ring (bicyclic) bond motifs is 1. The van der Waals surface area contributed by atoms with Crippen molar-refractivity contribution in [3.8, 4) is 5.88 Å². The van der Waals surface area contributed by atoms with Crippen LogP contribution in [0.4, 0.5) is 0 Å². The molecule has 9 heteroatoms. The fraction of sp³-hybridized carbons (Fsp3) is 0.526. The molecule has 0 N–H and O–H groups in total. The molecule has 28 heavy (non-hydrogen) atoms. The average Bonchev–Trinajstić information content (AvgIpc) is 3.38. The Kier molecular flexibility index (Phi) is 4.03. The Morgan fingerprint density at radius 3 is 2.57 bits per heavy atom. The second kappa shape index (κ2) is 6.57. The quantitative estimate of drug-likeness (QED) is 0.684. The summed E-state index contributed by atoms with van der Waals surface area (Å²) in [5.74, 6) is 2.08. The highest BCUT2D eigenvalue weighted by molar-refractivity contribution is 5.96. The van der Waals surface area contributed by atoms with E-state index in [1.54, 1.807) is 17.9 Å². The van der Waals surface area contributed by atoms with Gasteiger partial charge >= 0.3 is 0 Å². The predicted molar refractivity (Wildman–Crippen MR) is 100 cm³/mol. The number of likely N-dealkylation sites (tertiary alicyclic amines) is 1. The van der Waals surface area contributed by atoms with Crippen LogP contribution in [0.3, 0.4) is 0 Å². The van der Waals surface area contributed by atoms with Gasteiger partial charge in [-0.1, -0.05) is 0 Å². The summed E-state index contributed by atoms with van der Waals surface area (Å²) < 4.78 is 8.74. The SMILES string of the molecule is COc1nn(C)cc1C(=O)N1CCC(c2nnc3ccc(C4CC4)nn23)CC1. The summed E-state index contributed by atoms with van der Waals surface area (Å²) in [5.41, 5.74) is 2.43. The van der Waals surface area contributed by atoms with E-state index in [1.165, 1.54) is 20.0 Å². The summed E-state index contributed by atoms with van der Waals surface area (Å²) in [6, 6.07) is 4.07. The van der Waals surface area contributed by atoms with Crippen molar-refractivity contribution >= 4 is 11.6 Å². The molecular formula is C19H23N7O2. The lowest BCUT2D eigenvalue weighted by molar-refractivity contribution is 0.0707. The number of carbonyl (C=O) groups is 1. The zero-order valence-electron chi connectivity index (χ0n) is 16.1. The number of nitrogens with zero attached hydrogens (tertiary/aromatic N) is 7. The lowest BCUT2D eigenvalue weighted by Crippen LogP contribution is -2.38. The maximum Gasteiger partial charge on any atom is 0.260 e. The molecule has 2 aliphatic rings. The highest BCUT2D eigenvalue weighted by Crippen LogP contribution is 2.39. The average molecular weight is 381 g/mol. The molecule has 9 nitrogen and oxygen atoms in total. The van der Waals surface area contributed by atoms with Gasteiger partial charge in [-0.25, -0.2) is 0 Å². The molecule has 4 heterocycles. The Morgan fingerprint density at radius 2 is 1.86 bits per heavy atom. The third kappa shape index (κ3) is 2.90. The molecule has 0 radical (unpaired) electrons. The van der Waals surface area contributed by atoms with Crippen LogP contribution in [-0.4, -0.2) is 60.6 Å². The van der Waals surface area contributed by atoms with Crippen molar-refractivity contribution in [2.45, 2.75) is 37.5 Å². The van der Waals surface area contributed by atoms with Gasteiger partial charge in [0.05, 0.1) is 12.8 Å². The number of amides is 1. The molecule has 3 aromatic heterocycles. The minimum Gasteiger partial charge on any atom is -0.479 e. The van der Waals surface area contributed by atoms with Crippen molar-refractivity contribution in [3.63, 3.8) is 0 Å². The first-order chi connectivity index (χ1) is 13.6. The van der Waals surface area contributed by atoms with Crippen LogP contribution in [0.25, 0.3) is 5.65 Å². The first-order valence-corrected chi connectivity index (χ1v) is 9.73. The molecule has 0 spiro atoms. The van der Waals surface area contributed by atoms with Crippen molar-refractivity contribution in [2.24, 2.45) is 7.05 Å². The van der Waals surface area contributed by atoms with E-state index in [1.807, 2.05) is 15.5 Å². The largest absolute Gasteiger partial charge is 0.479 e. The second-order valence-corrected chi connectivity index (χ2v) is 7.65. The highest BCUT2D eigenvalue weighted by atomic mass is 16.5. The normalized spacial score (nSPS) is 18.0. The summed E-state index contributed by atoms with van der Waals surface area (Å²) in [4.78, 5) is 14.7. The first kappa shape index (κ1) is 17.2. The third-order valence-corrected chi connectivity index (χ3v) is 5.67. The van der Waals surface area contributed by atoms with Gasteiger partial charge in [0, 0.05) is 38.2 Å². The Bertz CT molecular complexity index is 1030. The number of carbonyl (C=O) groups excluding carboxylic acids is 1. The molecule has 1 saturated carbocycles. The Hall–Kier alpha value is -2.97. The minimum absolute atomic E-state index is 0.0383. The van der Waals surface area contributed by atoms with E-state index in [0.717, 1.165) is 30.0 Å². The van der Waals surface area contributed by atoms with E-state index >= 15 is 0 Å². The van der Waals surface area contributed by atoms with Gasteiger partial charge in [-0.15, -0.1) is 15.3 Å². The van der Waals surface area contributed by atoms with E-state index in [2.05, 4.69) is 21.4 Å². The van der Waals surface area contributed by atoms with Gasteiger partial charge in [0.1, 0.15) is 5.56 Å². The van der Waals surface area contributed by atoms with Crippen molar-refractivity contribution in [1.82, 2.24) is 34.5 Å². The van der Waals surface area contributed by atoms with E-state index in [-0.39, 0.29) is 11.8 Å². The van der Waals surface area contributed by atoms with E-state index < -0.39 is 0 Å². The van der Waals surface area contributed by atoms with Crippen LogP contribution in [-0.2, 0) is 7.05 Å². The van der Waals surface area contributed by atoms with Gasteiger partial charge in [-0.2, -0.15) is 9.61 Å². The van der Waals surface area contributed by atoms with Crippen LogP contribution in [0.15, 0.2) is 18.3 Å². The molecule has 1 aliphatic carbocycles. The molecule has 0 atom stereocenters. The second-order valence-electron chi connectivity index (χ2n) is 7.65. The molecule has 3 aromatic rings. The topological polar surface area (TPSA) is 90.4 Å². The number of aromatic nitrogens is 6. The van der Waals surface area contributed by atoms with Crippen LogP contribution < -0.4 is 4.74 Å². The van der Waals surface area contributed by atoms with Crippen LogP contribution >= 0.6 is 0 Å². The number of hydrogen-bond acceptors (Lipinski definition) is 6. The van der Waals surface area contributed by atoms with Gasteiger partial charge in [0.25, 0.3) is 5.91 Å². The molecule has 2 fully saturated rings.